The largest absolute Gasteiger partial charge is 0.469 e. The summed E-state index contributed by atoms with van der Waals surface area (Å²) >= 11 is 0. The lowest BCUT2D eigenvalue weighted by molar-refractivity contribution is -0.140. The Kier molecular flexibility index (Phi) is 11.2. The number of carbonyl (C=O) groups excluding carboxylic acids is 1. The van der Waals surface area contributed by atoms with Crippen LogP contribution in [0.25, 0.3) is 0 Å². The van der Waals surface area contributed by atoms with E-state index < -0.39 is 12.4 Å². The van der Waals surface area contributed by atoms with Crippen molar-refractivity contribution in [1.82, 2.24) is 0 Å². The molecule has 0 aliphatic carbocycles. The molecule has 0 aliphatic heterocycles. The van der Waals surface area contributed by atoms with Crippen molar-refractivity contribution in [3.63, 3.8) is 0 Å². The Morgan fingerprint density at radius 3 is 1.64 bits per heavy atom. The van der Waals surface area contributed by atoms with Gasteiger partial charge >= 0.3 is 18.3 Å². The third-order valence-electron chi connectivity index (χ3n) is 1.69. The summed E-state index contributed by atoms with van der Waals surface area (Å²) in [6.07, 6.45) is -6.78. The van der Waals surface area contributed by atoms with Gasteiger partial charge in [-0.3, -0.25) is 4.79 Å². The molecule has 0 atom stereocenters. The Morgan fingerprint density at radius 2 is 1.32 bits per heavy atom. The van der Waals surface area contributed by atoms with Crippen LogP contribution in [0.15, 0.2) is 30.3 Å². The maximum Gasteiger partial charge on any atom is 0.386 e. The second kappa shape index (κ2) is 10.9. The number of aryl methyl sites for hydroxylation is 1. The zero-order chi connectivity index (χ0) is 17.8. The van der Waals surface area contributed by atoms with Gasteiger partial charge in [0.15, 0.2) is 0 Å². The fourth-order valence-corrected chi connectivity index (χ4v) is 0.993. The topological polar surface area (TPSA) is 26.3 Å². The molecule has 0 amide bonds. The third-order valence-corrected chi connectivity index (χ3v) is 1.69. The van der Waals surface area contributed by atoms with Crippen LogP contribution in [0, 0.1) is 0 Å². The molecule has 0 spiro atoms. The Bertz CT molecular complexity index is 374. The van der Waals surface area contributed by atoms with Crippen LogP contribution in [0.3, 0.4) is 0 Å². The second-order valence-corrected chi connectivity index (χ2v) is 4.12. The zero-order valence-corrected chi connectivity index (χ0v) is 12.4. The van der Waals surface area contributed by atoms with E-state index in [1.54, 1.807) is 0 Å². The van der Waals surface area contributed by atoms with Gasteiger partial charge < -0.3 is 4.74 Å². The Balaban J connectivity index is 0. The van der Waals surface area contributed by atoms with E-state index in [2.05, 4.69) is 4.74 Å². The maximum absolute atomic E-state index is 10.8. The monoisotopic (exact) mass is 332 g/mol. The normalized spacial score (nSPS) is 10.6. The summed E-state index contributed by atoms with van der Waals surface area (Å²) < 4.78 is 66.7. The first-order valence-electron chi connectivity index (χ1n) is 6.07. The first-order valence-corrected chi connectivity index (χ1v) is 6.07. The minimum Gasteiger partial charge on any atom is -0.469 e. The quantitative estimate of drug-likeness (QED) is 0.579. The molecule has 2 nitrogen and oxygen atoms in total. The molecule has 0 bridgehead atoms. The standard InChI is InChI=1S/C10H12O2.2C2H3F3/c1-12-10(11)8-7-9-5-3-2-4-6-9;2*1-2(3,4)5/h2-6H,7-8H2,1H3;2*1H3. The Hall–Kier alpha value is -1.73. The number of ether oxygens (including phenoxy) is 1. The molecular formula is C14H18F6O2. The summed E-state index contributed by atoms with van der Waals surface area (Å²) in [7, 11) is 1.41. The van der Waals surface area contributed by atoms with E-state index in [9.17, 15) is 31.1 Å². The van der Waals surface area contributed by atoms with Crippen LogP contribution in [0.5, 0.6) is 0 Å². The van der Waals surface area contributed by atoms with Gasteiger partial charge in [-0.1, -0.05) is 30.3 Å². The maximum atomic E-state index is 10.8. The van der Waals surface area contributed by atoms with E-state index in [1.165, 1.54) is 12.7 Å². The molecular weight excluding hydrogens is 314 g/mol. The van der Waals surface area contributed by atoms with Crippen LogP contribution in [-0.2, 0) is 16.0 Å². The molecule has 0 saturated heterocycles. The van der Waals surface area contributed by atoms with Gasteiger partial charge in [0.1, 0.15) is 0 Å². The van der Waals surface area contributed by atoms with E-state index in [4.69, 9.17) is 0 Å². The summed E-state index contributed by atoms with van der Waals surface area (Å²) in [6, 6.07) is 9.90. The average molecular weight is 332 g/mol. The lowest BCUT2D eigenvalue weighted by atomic mass is 10.1. The zero-order valence-electron chi connectivity index (χ0n) is 12.4. The van der Waals surface area contributed by atoms with E-state index in [-0.39, 0.29) is 19.8 Å². The molecule has 1 aromatic rings. The number of methoxy groups -OCH3 is 1. The summed E-state index contributed by atoms with van der Waals surface area (Å²) in [5.74, 6) is -0.154. The molecule has 22 heavy (non-hydrogen) atoms. The first-order chi connectivity index (χ1) is 9.83. The lowest BCUT2D eigenvalue weighted by Crippen LogP contribution is -2.01. The van der Waals surface area contributed by atoms with E-state index >= 15 is 0 Å². The van der Waals surface area contributed by atoms with Gasteiger partial charge in [0.25, 0.3) is 0 Å². The van der Waals surface area contributed by atoms with E-state index in [0.717, 1.165) is 6.42 Å². The van der Waals surface area contributed by atoms with Crippen molar-refractivity contribution in [3.8, 4) is 0 Å². The van der Waals surface area contributed by atoms with Gasteiger partial charge in [0, 0.05) is 20.3 Å². The van der Waals surface area contributed by atoms with Gasteiger partial charge in [-0.25, -0.2) is 0 Å². The molecule has 0 N–H and O–H groups in total. The van der Waals surface area contributed by atoms with Crippen molar-refractivity contribution >= 4 is 5.97 Å². The second-order valence-electron chi connectivity index (χ2n) is 4.12. The minimum absolute atomic E-state index is 0.154. The number of benzene rings is 1. The van der Waals surface area contributed by atoms with Crippen LogP contribution in [0.1, 0.15) is 25.8 Å². The number of carbonyl (C=O) groups is 1. The van der Waals surface area contributed by atoms with Crippen molar-refractivity contribution in [2.24, 2.45) is 0 Å². The SMILES string of the molecule is CC(F)(F)F.CC(F)(F)F.COC(=O)CCc1ccccc1. The lowest BCUT2D eigenvalue weighted by Gasteiger charge is -1.98. The van der Waals surface area contributed by atoms with Crippen molar-refractivity contribution in [2.45, 2.75) is 39.0 Å². The fraction of sp³-hybridized carbons (Fsp3) is 0.500. The van der Waals surface area contributed by atoms with Crippen molar-refractivity contribution in [3.05, 3.63) is 35.9 Å². The highest BCUT2D eigenvalue weighted by Gasteiger charge is 2.16. The molecule has 1 rings (SSSR count). The molecule has 0 fully saturated rings. The van der Waals surface area contributed by atoms with Gasteiger partial charge in [-0.05, 0) is 12.0 Å². The number of rotatable bonds is 3. The number of hydrogen-bond donors (Lipinski definition) is 0. The van der Waals surface area contributed by atoms with Crippen LogP contribution < -0.4 is 0 Å². The number of alkyl halides is 6. The molecule has 0 aromatic heterocycles. The summed E-state index contributed by atoms with van der Waals surface area (Å²) in [6.45, 7) is 0.375. The summed E-state index contributed by atoms with van der Waals surface area (Å²) in [5.41, 5.74) is 1.17. The molecule has 0 aliphatic rings. The first kappa shape index (κ1) is 22.5. The highest BCUT2D eigenvalue weighted by Crippen LogP contribution is 2.10. The summed E-state index contributed by atoms with van der Waals surface area (Å²) in [5, 5.41) is 0. The van der Waals surface area contributed by atoms with Crippen molar-refractivity contribution in [2.75, 3.05) is 7.11 Å². The van der Waals surface area contributed by atoms with Gasteiger partial charge in [-0.15, -0.1) is 0 Å². The number of halogens is 6. The molecule has 128 valence electrons. The van der Waals surface area contributed by atoms with Crippen LogP contribution in [0.2, 0.25) is 0 Å². The molecule has 8 heteroatoms. The molecule has 0 unspecified atom stereocenters. The van der Waals surface area contributed by atoms with Gasteiger partial charge in [0.2, 0.25) is 0 Å². The van der Waals surface area contributed by atoms with E-state index in [1.807, 2.05) is 30.3 Å². The number of hydrogen-bond acceptors (Lipinski definition) is 2. The van der Waals surface area contributed by atoms with Gasteiger partial charge in [-0.2, -0.15) is 26.3 Å². The fourth-order valence-electron chi connectivity index (χ4n) is 0.993. The van der Waals surface area contributed by atoms with Crippen LogP contribution in [-0.4, -0.2) is 25.4 Å². The third kappa shape index (κ3) is 30.9. The highest BCUT2D eigenvalue weighted by molar-refractivity contribution is 5.69. The molecule has 1 aromatic carbocycles. The predicted molar refractivity (Wildman–Crippen MR) is 70.2 cm³/mol. The minimum atomic E-state index is -4.00. The summed E-state index contributed by atoms with van der Waals surface area (Å²) in [4.78, 5) is 10.8. The Morgan fingerprint density at radius 1 is 0.955 bits per heavy atom. The van der Waals surface area contributed by atoms with Gasteiger partial charge in [0.05, 0.1) is 7.11 Å². The number of esters is 1. The highest BCUT2D eigenvalue weighted by atomic mass is 19.4. The molecule has 0 radical (unpaired) electrons. The Labute approximate surface area is 125 Å². The molecule has 0 saturated carbocycles. The smallest absolute Gasteiger partial charge is 0.386 e. The van der Waals surface area contributed by atoms with Crippen LogP contribution >= 0.6 is 0 Å². The molecule has 0 heterocycles. The average Bonchev–Trinajstić information content (AvgIpc) is 2.33. The van der Waals surface area contributed by atoms with E-state index in [0.29, 0.717) is 6.42 Å². The van der Waals surface area contributed by atoms with Crippen molar-refractivity contribution in [1.29, 1.82) is 0 Å². The van der Waals surface area contributed by atoms with Crippen LogP contribution in [0.4, 0.5) is 26.3 Å². The van der Waals surface area contributed by atoms with Crippen molar-refractivity contribution < 1.29 is 35.9 Å². The predicted octanol–water partition coefficient (Wildman–Crippen LogP) is 4.93.